The number of hydrogen-bond acceptors (Lipinski definition) is 2. The Kier molecular flexibility index (Phi) is 4.56. The maximum Gasteiger partial charge on any atom is 0.289 e. The molecule has 0 unspecified atom stereocenters. The molecule has 102 valence electrons. The first-order chi connectivity index (χ1) is 9.66. The van der Waals surface area contributed by atoms with E-state index in [9.17, 15) is 4.79 Å². The van der Waals surface area contributed by atoms with E-state index in [-0.39, 0.29) is 5.91 Å². The first-order valence-electron chi connectivity index (χ1n) is 6.38. The van der Waals surface area contributed by atoms with Gasteiger partial charge in [-0.3, -0.25) is 4.79 Å². The van der Waals surface area contributed by atoms with Crippen molar-refractivity contribution in [1.82, 2.24) is 4.90 Å². The summed E-state index contributed by atoms with van der Waals surface area (Å²) in [4.78, 5) is 13.7. The van der Waals surface area contributed by atoms with E-state index in [0.29, 0.717) is 11.5 Å². The van der Waals surface area contributed by atoms with Gasteiger partial charge in [0.2, 0.25) is 0 Å². The second kappa shape index (κ2) is 6.57. The Bertz CT molecular complexity index is 589. The highest BCUT2D eigenvalue weighted by Gasteiger charge is 2.14. The summed E-state index contributed by atoms with van der Waals surface area (Å²) in [7, 11) is 3.41. The molecule has 0 spiro atoms. The van der Waals surface area contributed by atoms with Crippen LogP contribution < -0.4 is 4.74 Å². The number of nitrogens with zero attached hydrogens (tertiary/aromatic N) is 1. The Morgan fingerprint density at radius 3 is 2.05 bits per heavy atom. The van der Waals surface area contributed by atoms with Crippen molar-refractivity contribution in [3.05, 3.63) is 72.0 Å². The van der Waals surface area contributed by atoms with Gasteiger partial charge in [0.05, 0.1) is 0 Å². The zero-order chi connectivity index (χ0) is 14.4. The number of likely N-dealkylation sites (N-methyl/N-ethyl adjacent to an activating group) is 1. The third-order valence-corrected chi connectivity index (χ3v) is 2.69. The van der Waals surface area contributed by atoms with E-state index in [1.54, 1.807) is 20.2 Å². The van der Waals surface area contributed by atoms with Gasteiger partial charge in [0.15, 0.2) is 5.76 Å². The fourth-order valence-electron chi connectivity index (χ4n) is 1.67. The van der Waals surface area contributed by atoms with E-state index < -0.39 is 0 Å². The molecule has 0 saturated carbocycles. The SMILES string of the molecule is CN(C)C(=O)C(=Cc1ccccc1)Oc1ccccc1. The van der Waals surface area contributed by atoms with Gasteiger partial charge in [0.1, 0.15) is 5.75 Å². The zero-order valence-electron chi connectivity index (χ0n) is 11.6. The Labute approximate surface area is 119 Å². The van der Waals surface area contributed by atoms with Crippen molar-refractivity contribution in [2.75, 3.05) is 14.1 Å². The van der Waals surface area contributed by atoms with Crippen LogP contribution in [-0.2, 0) is 4.79 Å². The fourth-order valence-corrected chi connectivity index (χ4v) is 1.67. The van der Waals surface area contributed by atoms with Gasteiger partial charge < -0.3 is 9.64 Å². The normalized spacial score (nSPS) is 11.0. The lowest BCUT2D eigenvalue weighted by atomic mass is 10.2. The third-order valence-electron chi connectivity index (χ3n) is 2.69. The predicted octanol–water partition coefficient (Wildman–Crippen LogP) is 3.19. The molecule has 0 heterocycles. The van der Waals surface area contributed by atoms with E-state index >= 15 is 0 Å². The van der Waals surface area contributed by atoms with E-state index in [1.165, 1.54) is 4.90 Å². The van der Waals surface area contributed by atoms with Crippen LogP contribution in [0.3, 0.4) is 0 Å². The highest BCUT2D eigenvalue weighted by molar-refractivity contribution is 5.96. The van der Waals surface area contributed by atoms with Gasteiger partial charge in [-0.25, -0.2) is 0 Å². The number of carbonyl (C=O) groups is 1. The smallest absolute Gasteiger partial charge is 0.289 e. The van der Waals surface area contributed by atoms with Crippen molar-refractivity contribution in [2.45, 2.75) is 0 Å². The van der Waals surface area contributed by atoms with E-state index in [4.69, 9.17) is 4.74 Å². The molecule has 3 heteroatoms. The molecule has 2 aromatic carbocycles. The van der Waals surface area contributed by atoms with Crippen molar-refractivity contribution >= 4 is 12.0 Å². The molecule has 0 fully saturated rings. The second-order valence-electron chi connectivity index (χ2n) is 4.53. The van der Waals surface area contributed by atoms with Gasteiger partial charge in [-0.15, -0.1) is 0 Å². The minimum Gasteiger partial charge on any atom is -0.452 e. The molecule has 0 aromatic heterocycles. The van der Waals surface area contributed by atoms with Gasteiger partial charge in [0, 0.05) is 14.1 Å². The molecule has 0 aliphatic carbocycles. The first kappa shape index (κ1) is 13.9. The molecule has 0 bridgehead atoms. The van der Waals surface area contributed by atoms with Crippen molar-refractivity contribution in [3.8, 4) is 5.75 Å². The molecule has 0 atom stereocenters. The van der Waals surface area contributed by atoms with Crippen LogP contribution in [0.5, 0.6) is 5.75 Å². The van der Waals surface area contributed by atoms with Crippen LogP contribution in [0.4, 0.5) is 0 Å². The van der Waals surface area contributed by atoms with Crippen LogP contribution in [0.2, 0.25) is 0 Å². The van der Waals surface area contributed by atoms with Gasteiger partial charge in [-0.05, 0) is 23.8 Å². The van der Waals surface area contributed by atoms with Crippen LogP contribution in [0, 0.1) is 0 Å². The molecular weight excluding hydrogens is 250 g/mol. The van der Waals surface area contributed by atoms with Crippen molar-refractivity contribution in [1.29, 1.82) is 0 Å². The molecule has 0 radical (unpaired) electrons. The minimum atomic E-state index is -0.169. The van der Waals surface area contributed by atoms with Crippen molar-refractivity contribution < 1.29 is 9.53 Å². The molecule has 0 aliphatic heterocycles. The maximum absolute atomic E-state index is 12.2. The largest absolute Gasteiger partial charge is 0.452 e. The number of benzene rings is 2. The van der Waals surface area contributed by atoms with Gasteiger partial charge in [-0.2, -0.15) is 0 Å². The van der Waals surface area contributed by atoms with Crippen molar-refractivity contribution in [2.24, 2.45) is 0 Å². The number of amides is 1. The highest BCUT2D eigenvalue weighted by atomic mass is 16.5. The molecule has 0 aliphatic rings. The average molecular weight is 267 g/mol. The molecule has 0 saturated heterocycles. The van der Waals surface area contributed by atoms with E-state index in [0.717, 1.165) is 5.56 Å². The van der Waals surface area contributed by atoms with Crippen LogP contribution >= 0.6 is 0 Å². The van der Waals surface area contributed by atoms with Gasteiger partial charge in [-0.1, -0.05) is 48.5 Å². The summed E-state index contributed by atoms with van der Waals surface area (Å²) in [6, 6.07) is 18.9. The number of rotatable bonds is 4. The number of carbonyl (C=O) groups excluding carboxylic acids is 1. The molecule has 1 amide bonds. The summed E-state index contributed by atoms with van der Waals surface area (Å²) >= 11 is 0. The molecule has 0 N–H and O–H groups in total. The number of para-hydroxylation sites is 1. The third kappa shape index (κ3) is 3.72. The Morgan fingerprint density at radius 1 is 0.950 bits per heavy atom. The molecule has 20 heavy (non-hydrogen) atoms. The summed E-state index contributed by atoms with van der Waals surface area (Å²) in [5.41, 5.74) is 0.925. The Morgan fingerprint density at radius 2 is 1.50 bits per heavy atom. The Hall–Kier alpha value is -2.55. The summed E-state index contributed by atoms with van der Waals surface area (Å²) < 4.78 is 5.71. The standard InChI is InChI=1S/C17H17NO2/c1-18(2)17(19)16(13-14-9-5-3-6-10-14)20-15-11-7-4-8-12-15/h3-13H,1-2H3. The van der Waals surface area contributed by atoms with Crippen LogP contribution in [0.1, 0.15) is 5.56 Å². The van der Waals surface area contributed by atoms with Crippen LogP contribution in [-0.4, -0.2) is 24.9 Å². The Balaban J connectivity index is 2.30. The second-order valence-corrected chi connectivity index (χ2v) is 4.53. The van der Waals surface area contributed by atoms with Crippen LogP contribution in [0.25, 0.3) is 6.08 Å². The number of ether oxygens (including phenoxy) is 1. The van der Waals surface area contributed by atoms with Crippen LogP contribution in [0.15, 0.2) is 66.4 Å². The van der Waals surface area contributed by atoms with Gasteiger partial charge >= 0.3 is 0 Å². The van der Waals surface area contributed by atoms with E-state index in [2.05, 4.69) is 0 Å². The van der Waals surface area contributed by atoms with E-state index in [1.807, 2.05) is 60.7 Å². The quantitative estimate of drug-likeness (QED) is 0.629. The monoisotopic (exact) mass is 267 g/mol. The molecular formula is C17H17NO2. The van der Waals surface area contributed by atoms with Crippen molar-refractivity contribution in [3.63, 3.8) is 0 Å². The average Bonchev–Trinajstić information content (AvgIpc) is 2.48. The predicted molar refractivity (Wildman–Crippen MR) is 80.2 cm³/mol. The fraction of sp³-hybridized carbons (Fsp3) is 0.118. The first-order valence-corrected chi connectivity index (χ1v) is 6.38. The lowest BCUT2D eigenvalue weighted by molar-refractivity contribution is -0.126. The topological polar surface area (TPSA) is 29.5 Å². The summed E-state index contributed by atoms with van der Waals surface area (Å²) in [5, 5.41) is 0. The maximum atomic E-state index is 12.2. The molecule has 3 nitrogen and oxygen atoms in total. The summed E-state index contributed by atoms with van der Waals surface area (Å²) in [5.74, 6) is 0.773. The molecule has 2 aromatic rings. The highest BCUT2D eigenvalue weighted by Crippen LogP contribution is 2.16. The zero-order valence-corrected chi connectivity index (χ0v) is 11.6. The minimum absolute atomic E-state index is 0.169. The van der Waals surface area contributed by atoms with Gasteiger partial charge in [0.25, 0.3) is 5.91 Å². The lowest BCUT2D eigenvalue weighted by Gasteiger charge is -2.14. The molecule has 2 rings (SSSR count). The summed E-state index contributed by atoms with van der Waals surface area (Å²) in [6.45, 7) is 0. The number of hydrogen-bond donors (Lipinski definition) is 0. The summed E-state index contributed by atoms with van der Waals surface area (Å²) in [6.07, 6.45) is 1.75. The lowest BCUT2D eigenvalue weighted by Crippen LogP contribution is -2.25.